The number of rotatable bonds is 10. The highest BCUT2D eigenvalue weighted by atomic mass is 16.5. The van der Waals surface area contributed by atoms with E-state index in [0.717, 1.165) is 30.8 Å². The second kappa shape index (κ2) is 9.79. The van der Waals surface area contributed by atoms with Crippen molar-refractivity contribution in [3.05, 3.63) is 48.5 Å². The minimum atomic E-state index is 0.250. The number of hydrogen-bond donors (Lipinski definition) is 1. The van der Waals surface area contributed by atoms with Gasteiger partial charge in [-0.05, 0) is 37.6 Å². The van der Waals surface area contributed by atoms with Gasteiger partial charge >= 0.3 is 0 Å². The third-order valence-electron chi connectivity index (χ3n) is 4.06. The number of hydrogen-bond acceptors (Lipinski definition) is 5. The van der Waals surface area contributed by atoms with E-state index in [9.17, 15) is 0 Å². The van der Waals surface area contributed by atoms with Crippen LogP contribution in [0.25, 0.3) is 0 Å². The zero-order valence-electron chi connectivity index (χ0n) is 15.2. The summed E-state index contributed by atoms with van der Waals surface area (Å²) in [6.07, 6.45) is 2.23. The lowest BCUT2D eigenvalue weighted by Crippen LogP contribution is -2.37. The first-order valence-corrected chi connectivity index (χ1v) is 8.69. The summed E-state index contributed by atoms with van der Waals surface area (Å²) < 4.78 is 11.3. The normalized spacial score (nSPS) is 11.8. The van der Waals surface area contributed by atoms with E-state index in [2.05, 4.69) is 23.9 Å². The lowest BCUT2D eigenvalue weighted by atomic mass is 10.1. The SMILES string of the molecule is CCCCN(c1ccc(N=N)c(Oc2ccccc2)c1)C(C)COC. The molecule has 0 saturated heterocycles. The molecule has 5 nitrogen and oxygen atoms in total. The summed E-state index contributed by atoms with van der Waals surface area (Å²) in [5.41, 5.74) is 8.97. The van der Waals surface area contributed by atoms with Gasteiger partial charge in [0.25, 0.3) is 0 Å². The highest BCUT2D eigenvalue weighted by Gasteiger charge is 2.16. The monoisotopic (exact) mass is 341 g/mol. The van der Waals surface area contributed by atoms with Gasteiger partial charge in [0.1, 0.15) is 11.4 Å². The largest absolute Gasteiger partial charge is 0.455 e. The zero-order chi connectivity index (χ0) is 18.1. The van der Waals surface area contributed by atoms with Crippen LogP contribution in [0.1, 0.15) is 26.7 Å². The van der Waals surface area contributed by atoms with Crippen LogP contribution in [0.4, 0.5) is 11.4 Å². The van der Waals surface area contributed by atoms with Crippen LogP contribution in [0.3, 0.4) is 0 Å². The van der Waals surface area contributed by atoms with E-state index < -0.39 is 0 Å². The summed E-state index contributed by atoms with van der Waals surface area (Å²) in [6, 6.07) is 15.6. The van der Waals surface area contributed by atoms with E-state index in [1.165, 1.54) is 0 Å². The minimum Gasteiger partial charge on any atom is -0.455 e. The van der Waals surface area contributed by atoms with Gasteiger partial charge < -0.3 is 14.4 Å². The number of ether oxygens (including phenoxy) is 2. The van der Waals surface area contributed by atoms with Crippen molar-refractivity contribution in [3.63, 3.8) is 0 Å². The third-order valence-corrected chi connectivity index (χ3v) is 4.06. The second-order valence-corrected chi connectivity index (χ2v) is 6.03. The van der Waals surface area contributed by atoms with Crippen molar-refractivity contribution < 1.29 is 9.47 Å². The van der Waals surface area contributed by atoms with Crippen LogP contribution in [0, 0.1) is 5.53 Å². The van der Waals surface area contributed by atoms with Crippen molar-refractivity contribution in [1.29, 1.82) is 5.53 Å². The Morgan fingerprint density at radius 2 is 1.92 bits per heavy atom. The number of nitrogens with one attached hydrogen (secondary N) is 1. The van der Waals surface area contributed by atoms with Gasteiger partial charge in [0.2, 0.25) is 0 Å². The highest BCUT2D eigenvalue weighted by Crippen LogP contribution is 2.36. The second-order valence-electron chi connectivity index (χ2n) is 6.03. The Labute approximate surface area is 150 Å². The first kappa shape index (κ1) is 18.9. The van der Waals surface area contributed by atoms with Crippen LogP contribution in [-0.4, -0.2) is 26.3 Å². The van der Waals surface area contributed by atoms with E-state index in [-0.39, 0.29) is 6.04 Å². The number of anilines is 1. The molecule has 0 radical (unpaired) electrons. The molecule has 0 bridgehead atoms. The van der Waals surface area contributed by atoms with Crippen molar-refractivity contribution in [2.75, 3.05) is 25.2 Å². The molecular weight excluding hydrogens is 314 g/mol. The van der Waals surface area contributed by atoms with E-state index >= 15 is 0 Å². The molecule has 134 valence electrons. The summed E-state index contributed by atoms with van der Waals surface area (Å²) in [6.45, 7) is 5.94. The summed E-state index contributed by atoms with van der Waals surface area (Å²) in [5, 5.41) is 3.59. The Balaban J connectivity index is 2.32. The summed E-state index contributed by atoms with van der Waals surface area (Å²) in [4.78, 5) is 2.32. The average molecular weight is 341 g/mol. The van der Waals surface area contributed by atoms with E-state index in [4.69, 9.17) is 15.0 Å². The van der Waals surface area contributed by atoms with Gasteiger partial charge in [0, 0.05) is 31.5 Å². The number of nitrogens with zero attached hydrogens (tertiary/aromatic N) is 2. The van der Waals surface area contributed by atoms with Gasteiger partial charge in [-0.25, -0.2) is 5.53 Å². The number of unbranched alkanes of at least 4 members (excludes halogenated alkanes) is 1. The van der Waals surface area contributed by atoms with Crippen molar-refractivity contribution in [2.45, 2.75) is 32.7 Å². The van der Waals surface area contributed by atoms with Crippen molar-refractivity contribution in [2.24, 2.45) is 5.11 Å². The molecular formula is C20H27N3O2. The molecule has 2 aromatic carbocycles. The molecule has 0 aliphatic carbocycles. The fraction of sp³-hybridized carbons (Fsp3) is 0.400. The Hall–Kier alpha value is -2.40. The van der Waals surface area contributed by atoms with Gasteiger partial charge in [-0.15, -0.1) is 0 Å². The molecule has 1 N–H and O–H groups in total. The van der Waals surface area contributed by atoms with E-state index in [0.29, 0.717) is 18.0 Å². The highest BCUT2D eigenvalue weighted by molar-refractivity contribution is 5.62. The maximum absolute atomic E-state index is 7.40. The molecule has 0 saturated carbocycles. The Morgan fingerprint density at radius 1 is 1.16 bits per heavy atom. The molecule has 1 atom stereocenters. The standard InChI is InChI=1S/C20H27N3O2/c1-4-5-13-23(16(2)15-24-3)17-11-12-19(22-21)20(14-17)25-18-9-7-6-8-10-18/h6-12,14,16,21H,4-5,13,15H2,1-3H3. The summed E-state index contributed by atoms with van der Waals surface area (Å²) in [5.74, 6) is 1.32. The predicted molar refractivity (Wildman–Crippen MR) is 101 cm³/mol. The first-order chi connectivity index (χ1) is 12.2. The van der Waals surface area contributed by atoms with Crippen LogP contribution in [0.2, 0.25) is 0 Å². The van der Waals surface area contributed by atoms with Gasteiger partial charge in [0.15, 0.2) is 5.75 Å². The van der Waals surface area contributed by atoms with Crippen LogP contribution < -0.4 is 9.64 Å². The number of para-hydroxylation sites is 1. The maximum Gasteiger partial charge on any atom is 0.156 e. The Bertz CT molecular complexity index is 661. The first-order valence-electron chi connectivity index (χ1n) is 8.69. The lowest BCUT2D eigenvalue weighted by Gasteiger charge is -2.31. The predicted octanol–water partition coefficient (Wildman–Crippen LogP) is 5.78. The Morgan fingerprint density at radius 3 is 2.56 bits per heavy atom. The summed E-state index contributed by atoms with van der Waals surface area (Å²) in [7, 11) is 1.72. The van der Waals surface area contributed by atoms with Crippen LogP contribution in [-0.2, 0) is 4.74 Å². The Kier molecular flexibility index (Phi) is 7.41. The third kappa shape index (κ3) is 5.29. The molecule has 1 unspecified atom stereocenters. The quantitative estimate of drug-likeness (QED) is 0.557. The molecule has 0 heterocycles. The molecule has 0 amide bonds. The average Bonchev–Trinajstić information content (AvgIpc) is 2.63. The molecule has 2 aromatic rings. The molecule has 2 rings (SSSR count). The van der Waals surface area contributed by atoms with Gasteiger partial charge in [-0.2, -0.15) is 5.11 Å². The van der Waals surface area contributed by atoms with Gasteiger partial charge in [-0.3, -0.25) is 0 Å². The van der Waals surface area contributed by atoms with E-state index in [1.54, 1.807) is 7.11 Å². The fourth-order valence-corrected chi connectivity index (χ4v) is 2.73. The van der Waals surface area contributed by atoms with E-state index in [1.807, 2.05) is 48.5 Å². The molecule has 0 spiro atoms. The maximum atomic E-state index is 7.40. The fourth-order valence-electron chi connectivity index (χ4n) is 2.73. The summed E-state index contributed by atoms with van der Waals surface area (Å²) >= 11 is 0. The number of methoxy groups -OCH3 is 1. The molecule has 25 heavy (non-hydrogen) atoms. The van der Waals surface area contributed by atoms with Crippen molar-refractivity contribution in [1.82, 2.24) is 0 Å². The van der Waals surface area contributed by atoms with Crippen molar-refractivity contribution >= 4 is 11.4 Å². The zero-order valence-corrected chi connectivity index (χ0v) is 15.2. The van der Waals surface area contributed by atoms with Crippen molar-refractivity contribution in [3.8, 4) is 11.5 Å². The molecule has 0 aromatic heterocycles. The lowest BCUT2D eigenvalue weighted by molar-refractivity contribution is 0.181. The van der Waals surface area contributed by atoms with Crippen LogP contribution in [0.15, 0.2) is 53.6 Å². The minimum absolute atomic E-state index is 0.250. The van der Waals surface area contributed by atoms with Crippen LogP contribution >= 0.6 is 0 Å². The molecule has 5 heteroatoms. The molecule has 0 aliphatic rings. The smallest absolute Gasteiger partial charge is 0.156 e. The molecule has 0 aliphatic heterocycles. The van der Waals surface area contributed by atoms with Gasteiger partial charge in [0.05, 0.1) is 6.61 Å². The molecule has 0 fully saturated rings. The van der Waals surface area contributed by atoms with Crippen LogP contribution in [0.5, 0.6) is 11.5 Å². The topological polar surface area (TPSA) is 57.9 Å². The number of benzene rings is 2. The van der Waals surface area contributed by atoms with Gasteiger partial charge in [-0.1, -0.05) is 31.5 Å².